The first-order chi connectivity index (χ1) is 13.8. The lowest BCUT2D eigenvalue weighted by molar-refractivity contribution is -0.114. The minimum absolute atomic E-state index is 0.0770. The van der Waals surface area contributed by atoms with Crippen molar-refractivity contribution in [2.24, 2.45) is 0 Å². The molecular weight excluding hydrogens is 366 g/mol. The molecule has 0 atom stereocenters. The van der Waals surface area contributed by atoms with E-state index in [9.17, 15) is 9.59 Å². The Hall–Kier alpha value is -3.02. The Balaban J connectivity index is 1.93. The van der Waals surface area contributed by atoms with E-state index in [1.54, 1.807) is 18.2 Å². The number of unbranched alkanes of at least 4 members (excludes halogenated alkanes) is 1. The first kappa shape index (κ1) is 22.3. The van der Waals surface area contributed by atoms with Crippen molar-refractivity contribution in [3.63, 3.8) is 0 Å². The Morgan fingerprint density at radius 2 is 1.79 bits per heavy atom. The van der Waals surface area contributed by atoms with Gasteiger partial charge in [-0.3, -0.25) is 9.59 Å². The number of carbonyl (C=O) groups excluding carboxylic acids is 2. The van der Waals surface area contributed by atoms with E-state index in [0.29, 0.717) is 29.3 Å². The third-order valence-electron chi connectivity index (χ3n) is 3.98. The van der Waals surface area contributed by atoms with Gasteiger partial charge >= 0.3 is 0 Å². The van der Waals surface area contributed by atoms with Crippen LogP contribution >= 0.6 is 0 Å². The number of para-hydroxylation sites is 2. The highest BCUT2D eigenvalue weighted by Gasteiger charge is 2.15. The van der Waals surface area contributed by atoms with E-state index in [0.717, 1.165) is 12.8 Å². The minimum atomic E-state index is -0.313. The number of hydrogen-bond donors (Lipinski definition) is 3. The quantitative estimate of drug-likeness (QED) is 0.547. The number of amides is 2. The van der Waals surface area contributed by atoms with Crippen molar-refractivity contribution < 1.29 is 14.3 Å². The van der Waals surface area contributed by atoms with Crippen LogP contribution in [0.5, 0.6) is 5.75 Å². The second-order valence-electron chi connectivity index (χ2n) is 7.88. The molecular formula is C23H31N3O3. The first-order valence-corrected chi connectivity index (χ1v) is 9.96. The van der Waals surface area contributed by atoms with Gasteiger partial charge in [0.25, 0.3) is 5.91 Å². The maximum Gasteiger partial charge on any atom is 0.251 e. The van der Waals surface area contributed by atoms with Gasteiger partial charge in [0.2, 0.25) is 5.91 Å². The lowest BCUT2D eigenvalue weighted by Gasteiger charge is -2.20. The van der Waals surface area contributed by atoms with Gasteiger partial charge in [-0.25, -0.2) is 0 Å². The van der Waals surface area contributed by atoms with E-state index >= 15 is 0 Å². The van der Waals surface area contributed by atoms with E-state index in [-0.39, 0.29) is 23.9 Å². The number of nitrogens with one attached hydrogen (secondary N) is 3. The molecule has 2 amide bonds. The average Bonchev–Trinajstić information content (AvgIpc) is 2.67. The van der Waals surface area contributed by atoms with Crippen molar-refractivity contribution in [2.75, 3.05) is 23.8 Å². The molecule has 0 aromatic heterocycles. The van der Waals surface area contributed by atoms with E-state index in [1.165, 1.54) is 0 Å². The van der Waals surface area contributed by atoms with Gasteiger partial charge in [-0.15, -0.1) is 0 Å². The second-order valence-corrected chi connectivity index (χ2v) is 7.88. The molecule has 156 valence electrons. The zero-order valence-electron chi connectivity index (χ0n) is 17.7. The highest BCUT2D eigenvalue weighted by atomic mass is 16.5. The molecule has 3 N–H and O–H groups in total. The summed E-state index contributed by atoms with van der Waals surface area (Å²) >= 11 is 0. The van der Waals surface area contributed by atoms with Gasteiger partial charge in [0, 0.05) is 16.8 Å². The van der Waals surface area contributed by atoms with Crippen LogP contribution in [0.25, 0.3) is 0 Å². The molecule has 0 heterocycles. The minimum Gasteiger partial charge on any atom is -0.491 e. The molecule has 6 heteroatoms. The largest absolute Gasteiger partial charge is 0.491 e. The molecule has 0 aliphatic carbocycles. The molecule has 0 fully saturated rings. The van der Waals surface area contributed by atoms with Crippen molar-refractivity contribution in [2.45, 2.75) is 46.1 Å². The van der Waals surface area contributed by atoms with Gasteiger partial charge in [-0.1, -0.05) is 31.5 Å². The fourth-order valence-corrected chi connectivity index (χ4v) is 2.58. The fourth-order valence-electron chi connectivity index (χ4n) is 2.58. The predicted molar refractivity (Wildman–Crippen MR) is 118 cm³/mol. The molecule has 0 aliphatic heterocycles. The normalized spacial score (nSPS) is 10.9. The van der Waals surface area contributed by atoms with Gasteiger partial charge in [0.1, 0.15) is 5.75 Å². The number of ether oxygens (including phenoxy) is 1. The molecule has 0 bridgehead atoms. The SMILES string of the molecule is CCCCOc1ccccc1NC(=O)CNc1cccc(C(=O)NC(C)(C)C)c1. The lowest BCUT2D eigenvalue weighted by atomic mass is 10.1. The van der Waals surface area contributed by atoms with Crippen LogP contribution in [0.3, 0.4) is 0 Å². The molecule has 2 aromatic rings. The summed E-state index contributed by atoms with van der Waals surface area (Å²) in [6.45, 7) is 8.59. The van der Waals surface area contributed by atoms with Crippen molar-refractivity contribution in [1.82, 2.24) is 5.32 Å². The predicted octanol–water partition coefficient (Wildman–Crippen LogP) is 4.44. The maximum absolute atomic E-state index is 12.4. The standard InChI is InChI=1S/C23H31N3O3/c1-5-6-14-29-20-13-8-7-12-19(20)25-21(27)16-24-18-11-9-10-17(15-18)22(28)26-23(2,3)4/h7-13,15,24H,5-6,14,16H2,1-4H3,(H,25,27)(H,26,28). The Bertz CT molecular complexity index is 828. The molecule has 6 nitrogen and oxygen atoms in total. The second kappa shape index (κ2) is 10.5. The summed E-state index contributed by atoms with van der Waals surface area (Å²) in [6, 6.07) is 14.5. The van der Waals surface area contributed by atoms with E-state index in [1.807, 2.05) is 51.1 Å². The van der Waals surface area contributed by atoms with Crippen LogP contribution < -0.4 is 20.7 Å². The van der Waals surface area contributed by atoms with Crippen molar-refractivity contribution in [3.05, 3.63) is 54.1 Å². The van der Waals surface area contributed by atoms with Crippen LogP contribution in [0, 0.1) is 0 Å². The van der Waals surface area contributed by atoms with Gasteiger partial charge in [0.05, 0.1) is 18.8 Å². The lowest BCUT2D eigenvalue weighted by Crippen LogP contribution is -2.40. The Labute approximate surface area is 173 Å². The highest BCUT2D eigenvalue weighted by molar-refractivity contribution is 5.97. The molecule has 0 radical (unpaired) electrons. The summed E-state index contributed by atoms with van der Waals surface area (Å²) in [4.78, 5) is 24.7. The first-order valence-electron chi connectivity index (χ1n) is 9.96. The van der Waals surface area contributed by atoms with Crippen molar-refractivity contribution in [1.29, 1.82) is 0 Å². The van der Waals surface area contributed by atoms with Crippen molar-refractivity contribution in [3.8, 4) is 5.75 Å². The number of carbonyl (C=O) groups is 2. The van der Waals surface area contributed by atoms with E-state index < -0.39 is 0 Å². The van der Waals surface area contributed by atoms with Crippen LogP contribution in [0.2, 0.25) is 0 Å². The Morgan fingerprint density at radius 1 is 1.03 bits per heavy atom. The molecule has 29 heavy (non-hydrogen) atoms. The zero-order chi connectivity index (χ0) is 21.3. The smallest absolute Gasteiger partial charge is 0.251 e. The van der Waals surface area contributed by atoms with Crippen molar-refractivity contribution >= 4 is 23.2 Å². The molecule has 0 saturated heterocycles. The topological polar surface area (TPSA) is 79.5 Å². The van der Waals surface area contributed by atoms with Crippen LogP contribution in [0.1, 0.15) is 50.9 Å². The third kappa shape index (κ3) is 7.86. The zero-order valence-corrected chi connectivity index (χ0v) is 17.7. The van der Waals surface area contributed by atoms with Gasteiger partial charge < -0.3 is 20.7 Å². The van der Waals surface area contributed by atoms with E-state index in [4.69, 9.17) is 4.74 Å². The summed E-state index contributed by atoms with van der Waals surface area (Å²) < 4.78 is 5.74. The molecule has 0 unspecified atom stereocenters. The molecule has 2 aromatic carbocycles. The summed E-state index contributed by atoms with van der Waals surface area (Å²) in [5, 5.41) is 8.86. The maximum atomic E-state index is 12.4. The van der Waals surface area contributed by atoms with Gasteiger partial charge in [-0.2, -0.15) is 0 Å². The molecule has 2 rings (SSSR count). The monoisotopic (exact) mass is 397 g/mol. The summed E-state index contributed by atoms with van der Waals surface area (Å²) in [6.07, 6.45) is 2.01. The van der Waals surface area contributed by atoms with Gasteiger partial charge in [-0.05, 0) is 57.5 Å². The molecule has 0 aliphatic rings. The summed E-state index contributed by atoms with van der Waals surface area (Å²) in [5.41, 5.74) is 1.58. The number of hydrogen-bond acceptors (Lipinski definition) is 4. The third-order valence-corrected chi connectivity index (χ3v) is 3.98. The summed E-state index contributed by atoms with van der Waals surface area (Å²) in [5.74, 6) is 0.319. The Morgan fingerprint density at radius 3 is 2.52 bits per heavy atom. The van der Waals surface area contributed by atoms with Crippen LogP contribution in [-0.2, 0) is 4.79 Å². The average molecular weight is 398 g/mol. The van der Waals surface area contributed by atoms with Crippen LogP contribution in [0.15, 0.2) is 48.5 Å². The Kier molecular flexibility index (Phi) is 8.07. The summed E-state index contributed by atoms with van der Waals surface area (Å²) in [7, 11) is 0. The van der Waals surface area contributed by atoms with E-state index in [2.05, 4.69) is 22.9 Å². The van der Waals surface area contributed by atoms with Gasteiger partial charge in [0.15, 0.2) is 0 Å². The number of benzene rings is 2. The molecule has 0 spiro atoms. The van der Waals surface area contributed by atoms with Crippen LogP contribution in [0.4, 0.5) is 11.4 Å². The fraction of sp³-hybridized carbons (Fsp3) is 0.391. The number of rotatable bonds is 9. The highest BCUT2D eigenvalue weighted by Crippen LogP contribution is 2.24. The number of anilines is 2. The van der Waals surface area contributed by atoms with Crippen LogP contribution in [-0.4, -0.2) is 30.5 Å². The molecule has 0 saturated carbocycles.